The number of methoxy groups -OCH3 is 2. The maximum atomic E-state index is 11.0. The van der Waals surface area contributed by atoms with Crippen LogP contribution in [0.25, 0.3) is 0 Å². The number of esters is 1. The Kier molecular flexibility index (Phi) is 14.2. The number of hydrogen-bond acceptors (Lipinski definition) is 8. The lowest BCUT2D eigenvalue weighted by atomic mass is 10.1. The zero-order valence-electron chi connectivity index (χ0n) is 16.5. The molecule has 0 radical (unpaired) electrons. The molecule has 8 nitrogen and oxygen atoms in total. The second-order valence-corrected chi connectivity index (χ2v) is 4.79. The number of rotatable bonds is 2. The van der Waals surface area contributed by atoms with Crippen LogP contribution in [0.15, 0.2) is 36.4 Å². The van der Waals surface area contributed by atoms with Gasteiger partial charge in [0.1, 0.15) is 0 Å². The van der Waals surface area contributed by atoms with Gasteiger partial charge in [-0.25, -0.2) is 4.79 Å². The van der Waals surface area contributed by atoms with Gasteiger partial charge in [0, 0.05) is 22.7 Å². The molecular formula is C19H30N4O4. The van der Waals surface area contributed by atoms with Crippen LogP contribution in [0.2, 0.25) is 0 Å². The molecule has 0 fully saturated rings. The average molecular weight is 378 g/mol. The molecule has 0 atom stereocenters. The lowest BCUT2D eigenvalue weighted by Crippen LogP contribution is -2.06. The van der Waals surface area contributed by atoms with Crippen LogP contribution in [-0.2, 0) is 14.3 Å². The molecule has 2 aromatic carbocycles. The quantitative estimate of drug-likeness (QED) is 0.353. The number of nitrogen functional groups attached to an aromatic ring is 4. The predicted octanol–water partition coefficient (Wildman–Crippen LogP) is 2.61. The van der Waals surface area contributed by atoms with Gasteiger partial charge in [0.25, 0.3) is 6.47 Å². The van der Waals surface area contributed by atoms with Crippen molar-refractivity contribution in [3.8, 4) is 0 Å². The molecule has 0 saturated carbocycles. The van der Waals surface area contributed by atoms with Crippen molar-refractivity contribution in [3.05, 3.63) is 47.5 Å². The Labute approximate surface area is 160 Å². The molecule has 0 aromatic heterocycles. The van der Waals surface area contributed by atoms with Crippen molar-refractivity contribution in [2.45, 2.75) is 20.8 Å². The Morgan fingerprint density at radius 3 is 1.70 bits per heavy atom. The van der Waals surface area contributed by atoms with E-state index in [1.165, 1.54) is 20.3 Å². The Balaban J connectivity index is 0. The molecular weight excluding hydrogens is 348 g/mol. The Bertz CT molecular complexity index is 706. The van der Waals surface area contributed by atoms with Crippen LogP contribution in [0.5, 0.6) is 0 Å². The second kappa shape index (κ2) is 14.9. The van der Waals surface area contributed by atoms with E-state index in [4.69, 9.17) is 27.7 Å². The Morgan fingerprint density at radius 1 is 0.889 bits per heavy atom. The van der Waals surface area contributed by atoms with E-state index in [0.29, 0.717) is 23.4 Å². The lowest BCUT2D eigenvalue weighted by Gasteiger charge is -2.03. The summed E-state index contributed by atoms with van der Waals surface area (Å²) in [6.07, 6.45) is 0. The topological polar surface area (TPSA) is 157 Å². The lowest BCUT2D eigenvalue weighted by molar-refractivity contribution is -0.126. The summed E-state index contributed by atoms with van der Waals surface area (Å²) in [5, 5.41) is 0. The van der Waals surface area contributed by atoms with Gasteiger partial charge in [0.15, 0.2) is 0 Å². The van der Waals surface area contributed by atoms with E-state index in [1.807, 2.05) is 32.9 Å². The Morgan fingerprint density at radius 2 is 1.33 bits per heavy atom. The molecule has 0 amide bonds. The largest absolute Gasteiger partial charge is 0.471 e. The van der Waals surface area contributed by atoms with E-state index in [0.717, 1.165) is 16.9 Å². The summed E-state index contributed by atoms with van der Waals surface area (Å²) < 4.78 is 8.36. The molecule has 27 heavy (non-hydrogen) atoms. The van der Waals surface area contributed by atoms with Crippen molar-refractivity contribution in [2.24, 2.45) is 0 Å². The number of aryl methyl sites for hydroxylation is 1. The summed E-state index contributed by atoms with van der Waals surface area (Å²) in [5.74, 6) is -0.472. The highest BCUT2D eigenvalue weighted by molar-refractivity contribution is 5.96. The molecule has 0 bridgehead atoms. The number of nitrogens with two attached hydrogens (primary N) is 4. The van der Waals surface area contributed by atoms with Crippen molar-refractivity contribution in [2.75, 3.05) is 37.2 Å². The molecule has 0 saturated heterocycles. The first-order valence-electron chi connectivity index (χ1n) is 8.08. The van der Waals surface area contributed by atoms with Gasteiger partial charge in [-0.15, -0.1) is 0 Å². The standard InChI is InChI=1S/C8H10N2O2.C7H10N2.C2H4O2.C2H6/c1-12-8(11)6-4-5(9)2-3-7(6)10;1-5-4-6(8)2-3-7(5)9;1-4-2-3;1-2/h2-4H,9-10H2,1H3;2-4H,8-9H2,1H3;2H,1H3;1-2H3. The smallest absolute Gasteiger partial charge is 0.340 e. The van der Waals surface area contributed by atoms with Crippen molar-refractivity contribution in [1.82, 2.24) is 0 Å². The summed E-state index contributed by atoms with van der Waals surface area (Å²) >= 11 is 0. The summed E-state index contributed by atoms with van der Waals surface area (Å²) in [6, 6.07) is 10.1. The molecule has 2 rings (SSSR count). The van der Waals surface area contributed by atoms with Crippen LogP contribution in [0.3, 0.4) is 0 Å². The third-order valence-electron chi connectivity index (χ3n) is 2.87. The van der Waals surface area contributed by atoms with Gasteiger partial charge >= 0.3 is 5.97 Å². The van der Waals surface area contributed by atoms with Gasteiger partial charge in [0.05, 0.1) is 19.8 Å². The molecule has 0 aliphatic carbocycles. The molecule has 0 aliphatic heterocycles. The van der Waals surface area contributed by atoms with E-state index in [-0.39, 0.29) is 0 Å². The van der Waals surface area contributed by atoms with Crippen molar-refractivity contribution in [3.63, 3.8) is 0 Å². The number of carbonyl (C=O) groups excluding carboxylic acids is 2. The molecule has 0 spiro atoms. The molecule has 2 aromatic rings. The van der Waals surface area contributed by atoms with Crippen LogP contribution in [0.4, 0.5) is 22.7 Å². The van der Waals surface area contributed by atoms with Crippen LogP contribution in [-0.4, -0.2) is 26.7 Å². The number of carbonyl (C=O) groups is 2. The van der Waals surface area contributed by atoms with Gasteiger partial charge in [-0.1, -0.05) is 13.8 Å². The highest BCUT2D eigenvalue weighted by atomic mass is 16.5. The molecule has 0 aliphatic rings. The van der Waals surface area contributed by atoms with E-state index < -0.39 is 5.97 Å². The van der Waals surface area contributed by atoms with E-state index >= 15 is 0 Å². The first-order chi connectivity index (χ1) is 12.8. The number of ether oxygens (including phenoxy) is 2. The fourth-order valence-electron chi connectivity index (χ4n) is 1.56. The molecule has 0 unspecified atom stereocenters. The van der Waals surface area contributed by atoms with Gasteiger partial charge in [-0.3, -0.25) is 4.79 Å². The van der Waals surface area contributed by atoms with Crippen molar-refractivity contribution < 1.29 is 19.1 Å². The maximum absolute atomic E-state index is 11.0. The summed E-state index contributed by atoms with van der Waals surface area (Å²) in [5.41, 5.74) is 25.7. The van der Waals surface area contributed by atoms with Crippen LogP contribution in [0.1, 0.15) is 29.8 Å². The minimum Gasteiger partial charge on any atom is -0.471 e. The van der Waals surface area contributed by atoms with Crippen molar-refractivity contribution >= 4 is 35.2 Å². The third kappa shape index (κ3) is 10.9. The molecule has 8 N–H and O–H groups in total. The highest BCUT2D eigenvalue weighted by Gasteiger charge is 2.08. The van der Waals surface area contributed by atoms with E-state index in [2.05, 4.69) is 9.47 Å². The van der Waals surface area contributed by atoms with Gasteiger partial charge in [0.2, 0.25) is 0 Å². The predicted molar refractivity (Wildman–Crippen MR) is 111 cm³/mol. The second-order valence-electron chi connectivity index (χ2n) is 4.79. The van der Waals surface area contributed by atoms with Crippen LogP contribution >= 0.6 is 0 Å². The monoisotopic (exact) mass is 378 g/mol. The van der Waals surface area contributed by atoms with E-state index in [1.54, 1.807) is 18.2 Å². The summed E-state index contributed by atoms with van der Waals surface area (Å²) in [7, 11) is 2.61. The SMILES string of the molecule is CC.COC(=O)c1cc(N)ccc1N.COC=O.Cc1cc(N)ccc1N. The highest BCUT2D eigenvalue weighted by Crippen LogP contribution is 2.16. The molecule has 0 heterocycles. The fourth-order valence-corrected chi connectivity index (χ4v) is 1.56. The normalized spacial score (nSPS) is 8.33. The molecule has 8 heteroatoms. The minimum atomic E-state index is -0.472. The Hall–Kier alpha value is -3.42. The zero-order chi connectivity index (χ0) is 21.4. The summed E-state index contributed by atoms with van der Waals surface area (Å²) in [6.45, 7) is 6.31. The number of anilines is 4. The van der Waals surface area contributed by atoms with Crippen LogP contribution < -0.4 is 22.9 Å². The summed E-state index contributed by atoms with van der Waals surface area (Å²) in [4.78, 5) is 20.0. The van der Waals surface area contributed by atoms with E-state index in [9.17, 15) is 4.79 Å². The third-order valence-corrected chi connectivity index (χ3v) is 2.87. The number of hydrogen-bond donors (Lipinski definition) is 4. The van der Waals surface area contributed by atoms with Crippen LogP contribution in [0, 0.1) is 6.92 Å². The number of benzene rings is 2. The molecule has 150 valence electrons. The van der Waals surface area contributed by atoms with Gasteiger partial charge in [-0.05, 0) is 48.9 Å². The first kappa shape index (κ1) is 25.8. The van der Waals surface area contributed by atoms with Crippen molar-refractivity contribution in [1.29, 1.82) is 0 Å². The first-order valence-corrected chi connectivity index (χ1v) is 8.08. The minimum absolute atomic E-state index is 0.303. The van der Waals surface area contributed by atoms with Gasteiger partial charge in [-0.2, -0.15) is 0 Å². The zero-order valence-corrected chi connectivity index (χ0v) is 16.5. The van der Waals surface area contributed by atoms with Gasteiger partial charge < -0.3 is 32.4 Å². The maximum Gasteiger partial charge on any atom is 0.340 e. The fraction of sp³-hybridized carbons (Fsp3) is 0.263. The average Bonchev–Trinajstić information content (AvgIpc) is 2.68.